The van der Waals surface area contributed by atoms with E-state index in [2.05, 4.69) is 64.1 Å². The van der Waals surface area contributed by atoms with Crippen LogP contribution in [-0.4, -0.2) is 48.5 Å². The Balaban J connectivity index is 1.26. The molecule has 1 aromatic heterocycles. The van der Waals surface area contributed by atoms with E-state index in [-0.39, 0.29) is 6.10 Å². The zero-order chi connectivity index (χ0) is 20.5. The molecule has 1 fully saturated rings. The molecule has 30 heavy (non-hydrogen) atoms. The number of halogens is 1. The van der Waals surface area contributed by atoms with Crippen molar-refractivity contribution in [2.24, 2.45) is 0 Å². The Morgan fingerprint density at radius 1 is 0.867 bits per heavy atom. The molecule has 5 rings (SSSR count). The average Bonchev–Trinajstić information content (AvgIpc) is 3.08. The summed E-state index contributed by atoms with van der Waals surface area (Å²) in [4.78, 5) is 3.84. The molecule has 154 valence electrons. The fraction of sp³-hybridized carbons (Fsp3) is 0.280. The van der Waals surface area contributed by atoms with Gasteiger partial charge in [0.25, 0.3) is 0 Å². The van der Waals surface area contributed by atoms with Gasteiger partial charge in [-0.05, 0) is 30.3 Å². The molecule has 4 aromatic rings. The first-order chi connectivity index (χ1) is 14.7. The van der Waals surface area contributed by atoms with E-state index in [0.717, 1.165) is 37.7 Å². The van der Waals surface area contributed by atoms with Crippen molar-refractivity contribution in [1.82, 2.24) is 4.57 Å². The van der Waals surface area contributed by atoms with Crippen LogP contribution >= 0.6 is 11.6 Å². The van der Waals surface area contributed by atoms with Crippen molar-refractivity contribution in [1.29, 1.82) is 0 Å². The van der Waals surface area contributed by atoms with Crippen LogP contribution in [0, 0.1) is 0 Å². The van der Waals surface area contributed by atoms with Crippen LogP contribution in [0.4, 0.5) is 5.69 Å². The summed E-state index contributed by atoms with van der Waals surface area (Å²) in [5, 5.41) is 14.2. The standard InChI is InChI=1S/C25H26ClN3O/c26-19-6-5-7-20(16-19)28-14-12-27(13-15-28)17-21(30)18-29-24-10-3-1-8-22(24)23-9-2-4-11-25(23)29/h1-11,16,21,30H,12-15,17-18H2/p+1/t21-/m1/s1. The van der Waals surface area contributed by atoms with E-state index in [0.29, 0.717) is 6.54 Å². The fourth-order valence-corrected chi connectivity index (χ4v) is 4.95. The number of benzene rings is 3. The Hall–Kier alpha value is -2.53. The molecule has 3 aromatic carbocycles. The van der Waals surface area contributed by atoms with Crippen molar-refractivity contribution in [3.05, 3.63) is 77.8 Å². The van der Waals surface area contributed by atoms with E-state index in [1.165, 1.54) is 32.4 Å². The Labute approximate surface area is 181 Å². The first kappa shape index (κ1) is 19.4. The number of piperazine rings is 1. The maximum Gasteiger partial charge on any atom is 0.121 e. The number of quaternary nitrogens is 1. The Morgan fingerprint density at radius 2 is 1.50 bits per heavy atom. The van der Waals surface area contributed by atoms with Gasteiger partial charge in [-0.1, -0.05) is 54.1 Å². The zero-order valence-electron chi connectivity index (χ0n) is 17.0. The van der Waals surface area contributed by atoms with Crippen molar-refractivity contribution in [2.45, 2.75) is 12.6 Å². The molecule has 0 bridgehead atoms. The van der Waals surface area contributed by atoms with E-state index in [1.807, 2.05) is 18.2 Å². The predicted octanol–water partition coefficient (Wildman–Crippen LogP) is 3.21. The van der Waals surface area contributed by atoms with E-state index in [1.54, 1.807) is 0 Å². The first-order valence-corrected chi connectivity index (χ1v) is 11.0. The van der Waals surface area contributed by atoms with Gasteiger partial charge in [0.2, 0.25) is 0 Å². The van der Waals surface area contributed by atoms with Gasteiger partial charge in [-0.15, -0.1) is 0 Å². The maximum atomic E-state index is 10.9. The van der Waals surface area contributed by atoms with Crippen LogP contribution < -0.4 is 9.80 Å². The number of hydrogen-bond donors (Lipinski definition) is 2. The number of hydrogen-bond acceptors (Lipinski definition) is 2. The van der Waals surface area contributed by atoms with Crippen LogP contribution in [0.25, 0.3) is 21.8 Å². The lowest BCUT2D eigenvalue weighted by Crippen LogP contribution is -3.15. The molecule has 0 aliphatic carbocycles. The number of aliphatic hydroxyl groups excluding tert-OH is 1. The summed E-state index contributed by atoms with van der Waals surface area (Å²) in [5.74, 6) is 0. The summed E-state index contributed by atoms with van der Waals surface area (Å²) in [6.07, 6.45) is -0.378. The Kier molecular flexibility index (Phi) is 5.38. The number of para-hydroxylation sites is 2. The van der Waals surface area contributed by atoms with Crippen LogP contribution in [0.5, 0.6) is 0 Å². The highest BCUT2D eigenvalue weighted by Gasteiger charge is 2.23. The second-order valence-electron chi connectivity index (χ2n) is 8.22. The summed E-state index contributed by atoms with van der Waals surface area (Å²) in [6.45, 7) is 5.41. The smallest absolute Gasteiger partial charge is 0.121 e. The minimum Gasteiger partial charge on any atom is -0.385 e. The van der Waals surface area contributed by atoms with Gasteiger partial charge in [0.15, 0.2) is 0 Å². The zero-order valence-corrected chi connectivity index (χ0v) is 17.7. The third kappa shape index (κ3) is 3.79. The molecule has 1 aliphatic rings. The van der Waals surface area contributed by atoms with Crippen LogP contribution in [0.3, 0.4) is 0 Å². The van der Waals surface area contributed by atoms with Gasteiger partial charge < -0.3 is 19.5 Å². The molecule has 2 heterocycles. The number of fused-ring (bicyclic) bond motifs is 3. The molecule has 1 aliphatic heterocycles. The Morgan fingerprint density at radius 3 is 2.13 bits per heavy atom. The average molecular weight is 421 g/mol. The summed E-state index contributed by atoms with van der Waals surface area (Å²) in [6, 6.07) is 25.0. The quantitative estimate of drug-likeness (QED) is 0.519. The van der Waals surface area contributed by atoms with Crippen LogP contribution in [0.15, 0.2) is 72.8 Å². The summed E-state index contributed by atoms with van der Waals surface area (Å²) in [7, 11) is 0. The molecule has 0 amide bonds. The van der Waals surface area contributed by atoms with E-state index < -0.39 is 0 Å². The minimum absolute atomic E-state index is 0.378. The van der Waals surface area contributed by atoms with Crippen LogP contribution in [0.1, 0.15) is 0 Å². The van der Waals surface area contributed by atoms with Crippen molar-refractivity contribution in [3.63, 3.8) is 0 Å². The molecule has 5 heteroatoms. The SMILES string of the molecule is O[C@@H](Cn1c2ccccc2c2ccccc21)C[NH+]1CCN(c2cccc(Cl)c2)CC1. The third-order valence-electron chi connectivity index (χ3n) is 6.24. The van der Waals surface area contributed by atoms with Gasteiger partial charge in [-0.2, -0.15) is 0 Å². The second kappa shape index (κ2) is 8.31. The molecule has 1 atom stereocenters. The summed E-state index contributed by atoms with van der Waals surface area (Å²) >= 11 is 6.14. The molecular formula is C25H27ClN3O+. The summed E-state index contributed by atoms with van der Waals surface area (Å²) < 4.78 is 2.27. The van der Waals surface area contributed by atoms with Crippen LogP contribution in [0.2, 0.25) is 5.02 Å². The second-order valence-corrected chi connectivity index (χ2v) is 8.66. The van der Waals surface area contributed by atoms with E-state index in [9.17, 15) is 5.11 Å². The van der Waals surface area contributed by atoms with Gasteiger partial charge >= 0.3 is 0 Å². The van der Waals surface area contributed by atoms with Crippen molar-refractivity contribution in [3.8, 4) is 0 Å². The lowest BCUT2D eigenvalue weighted by Gasteiger charge is -2.34. The topological polar surface area (TPSA) is 32.8 Å². The van der Waals surface area contributed by atoms with Gasteiger partial charge in [-0.3, -0.25) is 0 Å². The number of anilines is 1. The van der Waals surface area contributed by atoms with Gasteiger partial charge in [0.1, 0.15) is 12.6 Å². The predicted molar refractivity (Wildman–Crippen MR) is 125 cm³/mol. The largest absolute Gasteiger partial charge is 0.385 e. The lowest BCUT2D eigenvalue weighted by atomic mass is 10.2. The van der Waals surface area contributed by atoms with Crippen molar-refractivity contribution in [2.75, 3.05) is 37.6 Å². The van der Waals surface area contributed by atoms with Crippen LogP contribution in [-0.2, 0) is 6.54 Å². The number of aromatic nitrogens is 1. The highest BCUT2D eigenvalue weighted by atomic mass is 35.5. The molecule has 0 unspecified atom stereocenters. The normalized spacial score (nSPS) is 16.4. The van der Waals surface area contributed by atoms with Gasteiger partial charge in [-0.25, -0.2) is 0 Å². The molecule has 0 saturated carbocycles. The molecular weight excluding hydrogens is 394 g/mol. The fourth-order valence-electron chi connectivity index (χ4n) is 4.77. The third-order valence-corrected chi connectivity index (χ3v) is 6.48. The van der Waals surface area contributed by atoms with E-state index >= 15 is 0 Å². The highest BCUT2D eigenvalue weighted by molar-refractivity contribution is 6.30. The monoisotopic (exact) mass is 420 g/mol. The molecule has 0 spiro atoms. The van der Waals surface area contributed by atoms with Gasteiger partial charge in [0.05, 0.1) is 32.7 Å². The number of rotatable bonds is 5. The Bertz CT molecular complexity index is 1110. The van der Waals surface area contributed by atoms with Gasteiger partial charge in [0, 0.05) is 32.5 Å². The molecule has 0 radical (unpaired) electrons. The first-order valence-electron chi connectivity index (χ1n) is 10.7. The van der Waals surface area contributed by atoms with E-state index in [4.69, 9.17) is 11.6 Å². The lowest BCUT2D eigenvalue weighted by molar-refractivity contribution is -0.903. The number of aliphatic hydroxyl groups is 1. The van der Waals surface area contributed by atoms with Crippen molar-refractivity contribution < 1.29 is 10.0 Å². The number of nitrogens with zero attached hydrogens (tertiary/aromatic N) is 2. The molecule has 2 N–H and O–H groups in total. The van der Waals surface area contributed by atoms with Crippen molar-refractivity contribution >= 4 is 39.1 Å². The summed E-state index contributed by atoms with van der Waals surface area (Å²) in [5.41, 5.74) is 3.57. The maximum absolute atomic E-state index is 10.9. The molecule has 1 saturated heterocycles. The molecule has 4 nitrogen and oxygen atoms in total. The highest BCUT2D eigenvalue weighted by Crippen LogP contribution is 2.28. The minimum atomic E-state index is -0.378. The number of nitrogens with one attached hydrogen (secondary N) is 1.